The summed E-state index contributed by atoms with van der Waals surface area (Å²) in [5.74, 6) is 1.46. The van der Waals surface area contributed by atoms with Gasteiger partial charge in [0.1, 0.15) is 0 Å². The summed E-state index contributed by atoms with van der Waals surface area (Å²) in [5, 5.41) is 4.32. The number of hydrogen-bond acceptors (Lipinski definition) is 3. The second-order valence-electron chi connectivity index (χ2n) is 7.73. The van der Waals surface area contributed by atoms with E-state index in [0.717, 1.165) is 17.7 Å². The Hall–Kier alpha value is -0.930. The van der Waals surface area contributed by atoms with Crippen LogP contribution >= 0.6 is 11.6 Å². The molecule has 0 saturated heterocycles. The predicted molar refractivity (Wildman–Crippen MR) is 98.8 cm³/mol. The lowest BCUT2D eigenvalue weighted by Crippen LogP contribution is -2.41. The van der Waals surface area contributed by atoms with Gasteiger partial charge in [0.2, 0.25) is 0 Å². The molecule has 0 atom stereocenters. The average molecular weight is 342 g/mol. The fraction of sp³-hybridized carbons (Fsp3) is 0.684. The molecule has 1 aromatic rings. The highest BCUT2D eigenvalue weighted by molar-refractivity contribution is 6.31. The topological polar surface area (TPSA) is 30.5 Å². The Labute approximate surface area is 146 Å². The molecule has 3 nitrogen and oxygen atoms in total. The van der Waals surface area contributed by atoms with E-state index in [1.165, 1.54) is 0 Å². The number of nitrogens with one attached hydrogen (secondary N) is 1. The Kier molecular flexibility index (Phi) is 7.22. The highest BCUT2D eigenvalue weighted by Crippen LogP contribution is 2.34. The fourth-order valence-electron chi connectivity index (χ4n) is 2.97. The minimum absolute atomic E-state index is 0.0337. The van der Waals surface area contributed by atoms with E-state index in [-0.39, 0.29) is 11.0 Å². The Morgan fingerprint density at radius 1 is 0.957 bits per heavy atom. The van der Waals surface area contributed by atoms with Gasteiger partial charge in [-0.25, -0.2) is 0 Å². The largest absolute Gasteiger partial charge is 0.490 e. The average Bonchev–Trinajstić information content (AvgIpc) is 2.38. The molecule has 0 heterocycles. The molecule has 1 aromatic carbocycles. The van der Waals surface area contributed by atoms with E-state index in [2.05, 4.69) is 39.9 Å². The lowest BCUT2D eigenvalue weighted by Gasteiger charge is -2.33. The number of rotatable bonds is 8. The monoisotopic (exact) mass is 341 g/mol. The van der Waals surface area contributed by atoms with Crippen molar-refractivity contribution in [1.82, 2.24) is 5.32 Å². The zero-order chi connectivity index (χ0) is 17.7. The van der Waals surface area contributed by atoms with Crippen LogP contribution in [-0.4, -0.2) is 18.8 Å². The minimum atomic E-state index is 0.0337. The quantitative estimate of drug-likeness (QED) is 0.682. The third-order valence-corrected chi connectivity index (χ3v) is 3.79. The molecule has 0 aromatic heterocycles. The van der Waals surface area contributed by atoms with Gasteiger partial charge in [-0.3, -0.25) is 0 Å². The van der Waals surface area contributed by atoms with Crippen molar-refractivity contribution in [2.75, 3.05) is 13.2 Å². The van der Waals surface area contributed by atoms with Gasteiger partial charge in [-0.1, -0.05) is 32.4 Å². The van der Waals surface area contributed by atoms with Crippen LogP contribution in [-0.2, 0) is 6.54 Å². The second kappa shape index (κ2) is 8.25. The summed E-state index contributed by atoms with van der Waals surface area (Å²) in [6.45, 7) is 17.0. The van der Waals surface area contributed by atoms with Gasteiger partial charge >= 0.3 is 0 Å². The first-order valence-corrected chi connectivity index (χ1v) is 8.79. The molecule has 1 N–H and O–H groups in total. The summed E-state index contributed by atoms with van der Waals surface area (Å²) >= 11 is 6.42. The lowest BCUT2D eigenvalue weighted by atomic mass is 9.82. The SMILES string of the molecule is CCOc1cc(Cl)c(CNC(C)(C)CC(C)(C)C)cc1OCC. The lowest BCUT2D eigenvalue weighted by molar-refractivity contribution is 0.240. The summed E-state index contributed by atoms with van der Waals surface area (Å²) in [6, 6.07) is 3.83. The van der Waals surface area contributed by atoms with Gasteiger partial charge in [0.15, 0.2) is 11.5 Å². The van der Waals surface area contributed by atoms with Gasteiger partial charge in [0.05, 0.1) is 13.2 Å². The predicted octanol–water partition coefficient (Wildman–Crippen LogP) is 5.44. The van der Waals surface area contributed by atoms with Crippen molar-refractivity contribution in [1.29, 1.82) is 0 Å². The van der Waals surface area contributed by atoms with Crippen LogP contribution in [0.4, 0.5) is 0 Å². The maximum Gasteiger partial charge on any atom is 0.162 e. The van der Waals surface area contributed by atoms with Crippen LogP contribution in [0.15, 0.2) is 12.1 Å². The van der Waals surface area contributed by atoms with Crippen LogP contribution in [0.1, 0.15) is 60.5 Å². The van der Waals surface area contributed by atoms with Gasteiger partial charge in [-0.15, -0.1) is 0 Å². The van der Waals surface area contributed by atoms with E-state index in [1.807, 2.05) is 26.0 Å². The molecule has 0 aliphatic heterocycles. The first-order valence-electron chi connectivity index (χ1n) is 8.41. The van der Waals surface area contributed by atoms with Gasteiger partial charge < -0.3 is 14.8 Å². The van der Waals surface area contributed by atoms with Crippen LogP contribution in [0.2, 0.25) is 5.02 Å². The molecular formula is C19H32ClNO2. The zero-order valence-electron chi connectivity index (χ0n) is 15.7. The standard InChI is InChI=1S/C19H32ClNO2/c1-8-22-16-10-14(15(20)11-17(16)23-9-2)12-21-19(6,7)13-18(3,4)5/h10-11,21H,8-9,12-13H2,1-7H3. The van der Waals surface area contributed by atoms with Crippen molar-refractivity contribution in [3.05, 3.63) is 22.7 Å². The van der Waals surface area contributed by atoms with E-state index >= 15 is 0 Å². The summed E-state index contributed by atoms with van der Waals surface area (Å²) < 4.78 is 11.3. The van der Waals surface area contributed by atoms with Gasteiger partial charge in [-0.2, -0.15) is 0 Å². The second-order valence-corrected chi connectivity index (χ2v) is 8.14. The summed E-state index contributed by atoms with van der Waals surface area (Å²) in [7, 11) is 0. The molecule has 0 saturated carbocycles. The van der Waals surface area contributed by atoms with E-state index in [9.17, 15) is 0 Å². The maximum absolute atomic E-state index is 6.42. The zero-order valence-corrected chi connectivity index (χ0v) is 16.4. The molecule has 0 aliphatic carbocycles. The third kappa shape index (κ3) is 7.01. The highest BCUT2D eigenvalue weighted by Gasteiger charge is 2.25. The Balaban J connectivity index is 2.89. The molecule has 23 heavy (non-hydrogen) atoms. The number of hydrogen-bond donors (Lipinski definition) is 1. The van der Waals surface area contributed by atoms with E-state index in [0.29, 0.717) is 30.5 Å². The number of ether oxygens (including phenoxy) is 2. The first kappa shape index (κ1) is 20.1. The smallest absolute Gasteiger partial charge is 0.162 e. The molecule has 0 radical (unpaired) electrons. The van der Waals surface area contributed by atoms with Crippen molar-refractivity contribution < 1.29 is 9.47 Å². The minimum Gasteiger partial charge on any atom is -0.490 e. The van der Waals surface area contributed by atoms with E-state index in [1.54, 1.807) is 0 Å². The van der Waals surface area contributed by atoms with E-state index in [4.69, 9.17) is 21.1 Å². The highest BCUT2D eigenvalue weighted by atomic mass is 35.5. The molecule has 4 heteroatoms. The third-order valence-electron chi connectivity index (χ3n) is 3.44. The molecule has 0 aliphatic rings. The maximum atomic E-state index is 6.42. The van der Waals surface area contributed by atoms with Crippen molar-refractivity contribution in [2.45, 2.75) is 67.0 Å². The van der Waals surface area contributed by atoms with Crippen LogP contribution in [0, 0.1) is 5.41 Å². The molecule has 0 spiro atoms. The van der Waals surface area contributed by atoms with E-state index < -0.39 is 0 Å². The van der Waals surface area contributed by atoms with Crippen LogP contribution < -0.4 is 14.8 Å². The Morgan fingerprint density at radius 2 is 1.48 bits per heavy atom. The normalized spacial score (nSPS) is 12.3. The van der Waals surface area contributed by atoms with Crippen molar-refractivity contribution in [3.8, 4) is 11.5 Å². The Morgan fingerprint density at radius 3 is 1.96 bits per heavy atom. The Bertz CT molecular complexity index is 507. The van der Waals surface area contributed by atoms with Crippen molar-refractivity contribution >= 4 is 11.6 Å². The fourth-order valence-corrected chi connectivity index (χ4v) is 3.19. The van der Waals surface area contributed by atoms with Crippen LogP contribution in [0.25, 0.3) is 0 Å². The first-order chi connectivity index (χ1) is 10.6. The van der Waals surface area contributed by atoms with Crippen LogP contribution in [0.5, 0.6) is 11.5 Å². The van der Waals surface area contributed by atoms with Gasteiger partial charge in [0, 0.05) is 23.2 Å². The molecule has 0 fully saturated rings. The van der Waals surface area contributed by atoms with Crippen LogP contribution in [0.3, 0.4) is 0 Å². The summed E-state index contributed by atoms with van der Waals surface area (Å²) in [4.78, 5) is 0. The van der Waals surface area contributed by atoms with Crippen molar-refractivity contribution in [3.63, 3.8) is 0 Å². The number of benzene rings is 1. The molecule has 0 unspecified atom stereocenters. The molecular weight excluding hydrogens is 310 g/mol. The molecule has 0 amide bonds. The summed E-state index contributed by atoms with van der Waals surface area (Å²) in [6.07, 6.45) is 1.08. The van der Waals surface area contributed by atoms with Crippen molar-refractivity contribution in [2.24, 2.45) is 5.41 Å². The summed E-state index contributed by atoms with van der Waals surface area (Å²) in [5.41, 5.74) is 1.34. The molecule has 0 bridgehead atoms. The number of halogens is 1. The van der Waals surface area contributed by atoms with Gasteiger partial charge in [-0.05, 0) is 51.2 Å². The van der Waals surface area contributed by atoms with Gasteiger partial charge in [0.25, 0.3) is 0 Å². The molecule has 1 rings (SSSR count). The molecule has 132 valence electrons.